The maximum absolute atomic E-state index is 4.60. The van der Waals surface area contributed by atoms with Crippen LogP contribution in [-0.2, 0) is 11.8 Å². The van der Waals surface area contributed by atoms with Crippen molar-refractivity contribution in [2.24, 2.45) is 0 Å². The van der Waals surface area contributed by atoms with E-state index in [0.717, 1.165) is 23.1 Å². The lowest BCUT2D eigenvalue weighted by molar-refractivity contribution is 0.661. The van der Waals surface area contributed by atoms with Crippen molar-refractivity contribution in [1.82, 2.24) is 19.6 Å². The number of nitrogens with zero attached hydrogens (tertiary/aromatic N) is 4. The number of hydrogen-bond donors (Lipinski definition) is 0. The summed E-state index contributed by atoms with van der Waals surface area (Å²) in [6.07, 6.45) is 0.915. The van der Waals surface area contributed by atoms with Crippen LogP contribution >= 0.6 is 0 Å². The molecule has 50 heavy (non-hydrogen) atoms. The van der Waals surface area contributed by atoms with Gasteiger partial charge in [0, 0.05) is 27.4 Å². The Morgan fingerprint density at radius 2 is 1.32 bits per heavy atom. The molecule has 0 atom stereocenters. The van der Waals surface area contributed by atoms with Crippen molar-refractivity contribution in [3.63, 3.8) is 0 Å². The van der Waals surface area contributed by atoms with E-state index < -0.39 is 0 Å². The van der Waals surface area contributed by atoms with Gasteiger partial charge in [-0.15, -0.1) is 5.10 Å². The van der Waals surface area contributed by atoms with E-state index in [1.54, 1.807) is 0 Å². The lowest BCUT2D eigenvalue weighted by atomic mass is 9.82. The van der Waals surface area contributed by atoms with Crippen LogP contribution in [0.4, 0.5) is 0 Å². The molecule has 9 aromatic rings. The Hall–Kier alpha value is -6.26. The fourth-order valence-electron chi connectivity index (χ4n) is 8.86. The van der Waals surface area contributed by atoms with Crippen molar-refractivity contribution >= 4 is 32.8 Å². The van der Waals surface area contributed by atoms with E-state index in [4.69, 9.17) is 0 Å². The van der Waals surface area contributed by atoms with E-state index in [2.05, 4.69) is 162 Å². The minimum absolute atomic E-state index is 0.0681. The van der Waals surface area contributed by atoms with Crippen LogP contribution in [0.15, 0.2) is 146 Å². The highest BCUT2D eigenvalue weighted by molar-refractivity contribution is 6.12. The fraction of sp³-hybridized carbons (Fsp3) is 0.0870. The fourth-order valence-corrected chi connectivity index (χ4v) is 8.86. The molecule has 0 N–H and O–H groups in total. The van der Waals surface area contributed by atoms with Crippen LogP contribution in [0.5, 0.6) is 0 Å². The van der Waals surface area contributed by atoms with Crippen LogP contribution in [-0.4, -0.2) is 19.6 Å². The summed E-state index contributed by atoms with van der Waals surface area (Å²) >= 11 is 0. The molecular formula is C46H32N4. The quantitative estimate of drug-likeness (QED) is 0.193. The van der Waals surface area contributed by atoms with Crippen molar-refractivity contribution in [3.05, 3.63) is 168 Å². The van der Waals surface area contributed by atoms with Gasteiger partial charge in [-0.3, -0.25) is 0 Å². The molecule has 0 fully saturated rings. The zero-order chi connectivity index (χ0) is 33.1. The van der Waals surface area contributed by atoms with Gasteiger partial charge in [0.2, 0.25) is 0 Å². The number of fused-ring (bicyclic) bond motifs is 10. The molecule has 0 unspecified atom stereocenters. The first-order valence-electron chi connectivity index (χ1n) is 17.4. The predicted octanol–water partition coefficient (Wildman–Crippen LogP) is 11.1. The Bertz CT molecular complexity index is 2870. The molecule has 0 spiro atoms. The van der Waals surface area contributed by atoms with Crippen LogP contribution in [0.2, 0.25) is 0 Å². The predicted molar refractivity (Wildman–Crippen MR) is 204 cm³/mol. The van der Waals surface area contributed by atoms with Gasteiger partial charge in [-0.05, 0) is 117 Å². The van der Waals surface area contributed by atoms with Gasteiger partial charge in [0.15, 0.2) is 0 Å². The first kappa shape index (κ1) is 27.7. The normalized spacial score (nSPS) is 13.9. The standard InChI is InChI=1S/C46H32N4/c1-46(2)38-15-7-6-14-33(38)35-26-37-36-25-29(21-22-41(36)49(44(37)27-39(35)46)32-12-4-3-5-13-32)28-19-20-30-23-31-11-10-18-43(45(31)34(30)24-28)50-42-17-9-8-16-40(42)47-48-50/h3-22,24-27H,23H2,1-2H3. The molecule has 0 saturated heterocycles. The summed E-state index contributed by atoms with van der Waals surface area (Å²) in [4.78, 5) is 0. The average Bonchev–Trinajstić information content (AvgIpc) is 3.90. The van der Waals surface area contributed by atoms with E-state index in [0.29, 0.717) is 0 Å². The molecule has 7 aromatic carbocycles. The average molecular weight is 641 g/mol. The van der Waals surface area contributed by atoms with Crippen LogP contribution in [0.25, 0.3) is 77.6 Å². The maximum Gasteiger partial charge on any atom is 0.113 e. The third kappa shape index (κ3) is 3.71. The van der Waals surface area contributed by atoms with Gasteiger partial charge < -0.3 is 4.57 Å². The van der Waals surface area contributed by atoms with Crippen molar-refractivity contribution in [1.29, 1.82) is 0 Å². The van der Waals surface area contributed by atoms with Crippen molar-refractivity contribution in [3.8, 4) is 44.8 Å². The van der Waals surface area contributed by atoms with Crippen molar-refractivity contribution in [2.45, 2.75) is 25.7 Å². The van der Waals surface area contributed by atoms with E-state index in [9.17, 15) is 0 Å². The lowest BCUT2D eigenvalue weighted by Gasteiger charge is -2.21. The minimum Gasteiger partial charge on any atom is -0.309 e. The second-order valence-electron chi connectivity index (χ2n) is 14.3. The summed E-state index contributed by atoms with van der Waals surface area (Å²) in [5.74, 6) is 0. The topological polar surface area (TPSA) is 35.6 Å². The van der Waals surface area contributed by atoms with Gasteiger partial charge in [-0.1, -0.05) is 104 Å². The zero-order valence-electron chi connectivity index (χ0n) is 27.9. The van der Waals surface area contributed by atoms with Gasteiger partial charge in [-0.25, -0.2) is 4.68 Å². The molecule has 11 rings (SSSR count). The van der Waals surface area contributed by atoms with Crippen LogP contribution in [0, 0.1) is 0 Å². The first-order chi connectivity index (χ1) is 24.5. The molecule has 4 heteroatoms. The SMILES string of the molecule is CC1(C)c2ccccc2-c2cc3c4cc(-c5ccc6c(c5)-c5c(cccc5-n5nnc7ccccc75)C6)ccc4n(-c4ccccc4)c3cc21. The lowest BCUT2D eigenvalue weighted by Crippen LogP contribution is -2.14. The molecule has 0 radical (unpaired) electrons. The molecule has 4 nitrogen and oxygen atoms in total. The third-order valence-corrected chi connectivity index (χ3v) is 11.3. The number of aromatic nitrogens is 4. The Morgan fingerprint density at radius 3 is 2.24 bits per heavy atom. The van der Waals surface area contributed by atoms with Gasteiger partial charge >= 0.3 is 0 Å². The van der Waals surface area contributed by atoms with Crippen LogP contribution < -0.4 is 0 Å². The van der Waals surface area contributed by atoms with E-state index in [1.165, 1.54) is 83.1 Å². The van der Waals surface area contributed by atoms with E-state index >= 15 is 0 Å². The van der Waals surface area contributed by atoms with E-state index in [-0.39, 0.29) is 5.41 Å². The summed E-state index contributed by atoms with van der Waals surface area (Å²) < 4.78 is 4.44. The second kappa shape index (κ2) is 9.90. The number of benzene rings is 7. The zero-order valence-corrected chi connectivity index (χ0v) is 27.9. The maximum atomic E-state index is 4.60. The Labute approximate surface area is 289 Å². The van der Waals surface area contributed by atoms with Crippen LogP contribution in [0.1, 0.15) is 36.1 Å². The highest BCUT2D eigenvalue weighted by Crippen LogP contribution is 2.51. The number of hydrogen-bond acceptors (Lipinski definition) is 2. The molecule has 2 heterocycles. The molecule has 0 saturated carbocycles. The molecule has 2 aromatic heterocycles. The number of rotatable bonds is 3. The molecular weight excluding hydrogens is 609 g/mol. The van der Waals surface area contributed by atoms with Crippen molar-refractivity contribution in [2.75, 3.05) is 0 Å². The Balaban J connectivity index is 1.12. The minimum atomic E-state index is -0.0681. The highest BCUT2D eigenvalue weighted by Gasteiger charge is 2.36. The molecule has 2 aliphatic rings. The summed E-state index contributed by atoms with van der Waals surface area (Å²) in [5.41, 5.74) is 19.7. The molecule has 236 valence electrons. The summed E-state index contributed by atoms with van der Waals surface area (Å²) in [6, 6.07) is 53.4. The van der Waals surface area contributed by atoms with E-state index in [1.807, 2.05) is 16.8 Å². The second-order valence-corrected chi connectivity index (χ2v) is 14.3. The van der Waals surface area contributed by atoms with Gasteiger partial charge in [0.1, 0.15) is 5.52 Å². The molecule has 0 amide bonds. The Morgan fingerprint density at radius 1 is 0.540 bits per heavy atom. The van der Waals surface area contributed by atoms with Crippen LogP contribution in [0.3, 0.4) is 0 Å². The smallest absolute Gasteiger partial charge is 0.113 e. The summed E-state index contributed by atoms with van der Waals surface area (Å²) in [7, 11) is 0. The summed E-state index contributed by atoms with van der Waals surface area (Å²) in [6.45, 7) is 4.72. The highest BCUT2D eigenvalue weighted by atomic mass is 15.4. The third-order valence-electron chi connectivity index (χ3n) is 11.3. The monoisotopic (exact) mass is 640 g/mol. The molecule has 0 bridgehead atoms. The Kier molecular flexibility index (Phi) is 5.48. The van der Waals surface area contributed by atoms with Crippen molar-refractivity contribution < 1.29 is 0 Å². The van der Waals surface area contributed by atoms with Gasteiger partial charge in [-0.2, -0.15) is 0 Å². The largest absolute Gasteiger partial charge is 0.309 e. The molecule has 0 aliphatic heterocycles. The summed E-state index contributed by atoms with van der Waals surface area (Å²) in [5, 5.41) is 11.6. The van der Waals surface area contributed by atoms with Gasteiger partial charge in [0.25, 0.3) is 0 Å². The van der Waals surface area contributed by atoms with Gasteiger partial charge in [0.05, 0.1) is 22.2 Å². The molecule has 2 aliphatic carbocycles. The number of para-hydroxylation sites is 2. The first-order valence-corrected chi connectivity index (χ1v) is 17.4.